The molecule has 0 atom stereocenters. The van der Waals surface area contributed by atoms with Gasteiger partial charge in [0.15, 0.2) is 0 Å². The zero-order valence-electron chi connectivity index (χ0n) is 12.3. The molecule has 6 heteroatoms. The molecule has 0 saturated carbocycles. The van der Waals surface area contributed by atoms with Crippen LogP contribution in [0.4, 0.5) is 0 Å². The highest BCUT2D eigenvalue weighted by Gasteiger charge is 2.15. The van der Waals surface area contributed by atoms with Gasteiger partial charge >= 0.3 is 0 Å². The number of benzene rings is 1. The number of aromatic nitrogens is 2. The zero-order valence-corrected chi connectivity index (χ0v) is 14.5. The molecule has 1 heterocycles. The summed E-state index contributed by atoms with van der Waals surface area (Å²) in [5.74, 6) is 1.02. The van der Waals surface area contributed by atoms with Gasteiger partial charge in [-0.2, -0.15) is 4.98 Å². The van der Waals surface area contributed by atoms with Crippen molar-refractivity contribution >= 4 is 28.5 Å². The normalized spacial score (nSPS) is 11.4. The van der Waals surface area contributed by atoms with Crippen LogP contribution in [0.1, 0.15) is 33.1 Å². The summed E-state index contributed by atoms with van der Waals surface area (Å²) in [7, 11) is 0. The van der Waals surface area contributed by atoms with E-state index in [1.807, 2.05) is 45.0 Å². The van der Waals surface area contributed by atoms with Gasteiger partial charge in [-0.3, -0.25) is 4.79 Å². The molecular weight excluding hydrogens is 381 g/mol. The van der Waals surface area contributed by atoms with Crippen molar-refractivity contribution in [2.24, 2.45) is 0 Å². The molecule has 0 bridgehead atoms. The maximum Gasteiger partial charge on any atom is 0.227 e. The highest BCUT2D eigenvalue weighted by molar-refractivity contribution is 14.1. The Labute approximate surface area is 137 Å². The molecule has 0 aliphatic rings. The first-order chi connectivity index (χ1) is 9.83. The van der Waals surface area contributed by atoms with Crippen molar-refractivity contribution in [3.05, 3.63) is 33.7 Å². The molecule has 2 aromatic rings. The molecule has 0 saturated heterocycles. The molecule has 1 amide bonds. The van der Waals surface area contributed by atoms with Crippen molar-refractivity contribution in [1.29, 1.82) is 0 Å². The number of hydrogen-bond acceptors (Lipinski definition) is 4. The van der Waals surface area contributed by atoms with Crippen molar-refractivity contribution in [1.82, 2.24) is 15.5 Å². The van der Waals surface area contributed by atoms with Gasteiger partial charge in [-0.25, -0.2) is 0 Å². The topological polar surface area (TPSA) is 68.0 Å². The first-order valence-electron chi connectivity index (χ1n) is 6.73. The molecule has 1 aromatic carbocycles. The minimum absolute atomic E-state index is 0.0171. The summed E-state index contributed by atoms with van der Waals surface area (Å²) in [6, 6.07) is 7.87. The lowest BCUT2D eigenvalue weighted by Crippen LogP contribution is -2.40. The van der Waals surface area contributed by atoms with E-state index in [1.165, 1.54) is 0 Å². The van der Waals surface area contributed by atoms with Crippen molar-refractivity contribution in [2.75, 3.05) is 0 Å². The van der Waals surface area contributed by atoms with E-state index in [0.717, 1.165) is 9.13 Å². The van der Waals surface area contributed by atoms with Gasteiger partial charge in [0.05, 0.1) is 0 Å². The quantitative estimate of drug-likeness (QED) is 0.802. The number of hydrogen-bond donors (Lipinski definition) is 1. The Kier molecular flexibility index (Phi) is 4.97. The average Bonchev–Trinajstić information content (AvgIpc) is 2.84. The van der Waals surface area contributed by atoms with Crippen molar-refractivity contribution in [3.63, 3.8) is 0 Å². The fourth-order valence-electron chi connectivity index (χ4n) is 1.77. The number of amides is 1. The SMILES string of the molecule is CC(C)(C)NC(=O)CCc1nc(-c2ccc(I)cc2)no1. The van der Waals surface area contributed by atoms with Crippen LogP contribution < -0.4 is 5.32 Å². The molecular formula is C15H18IN3O2. The van der Waals surface area contributed by atoms with Crippen LogP contribution in [0.25, 0.3) is 11.4 Å². The Morgan fingerprint density at radius 3 is 2.57 bits per heavy atom. The lowest BCUT2D eigenvalue weighted by Gasteiger charge is -2.20. The van der Waals surface area contributed by atoms with Crippen LogP contribution in [0, 0.1) is 3.57 Å². The fraction of sp³-hybridized carbons (Fsp3) is 0.400. The minimum atomic E-state index is -0.224. The first kappa shape index (κ1) is 15.9. The van der Waals surface area contributed by atoms with E-state index in [1.54, 1.807) is 0 Å². The molecule has 1 N–H and O–H groups in total. The number of rotatable bonds is 4. The molecule has 0 aliphatic heterocycles. The molecule has 0 unspecified atom stereocenters. The van der Waals surface area contributed by atoms with Gasteiger partial charge in [-0.1, -0.05) is 17.3 Å². The maximum absolute atomic E-state index is 11.7. The van der Waals surface area contributed by atoms with E-state index in [-0.39, 0.29) is 11.4 Å². The standard InChI is InChI=1S/C15H18IN3O2/c1-15(2,3)18-12(20)8-9-13-17-14(19-21-13)10-4-6-11(16)7-5-10/h4-7H,8-9H2,1-3H3,(H,18,20). The summed E-state index contributed by atoms with van der Waals surface area (Å²) < 4.78 is 6.34. The molecule has 5 nitrogen and oxygen atoms in total. The van der Waals surface area contributed by atoms with E-state index in [0.29, 0.717) is 24.6 Å². The molecule has 0 aliphatic carbocycles. The largest absolute Gasteiger partial charge is 0.351 e. The van der Waals surface area contributed by atoms with Crippen molar-refractivity contribution in [3.8, 4) is 11.4 Å². The number of halogens is 1. The number of nitrogens with one attached hydrogen (secondary N) is 1. The zero-order chi connectivity index (χ0) is 15.5. The highest BCUT2D eigenvalue weighted by Crippen LogP contribution is 2.17. The van der Waals surface area contributed by atoms with Crippen LogP contribution in [-0.4, -0.2) is 21.6 Å². The monoisotopic (exact) mass is 399 g/mol. The molecule has 112 valence electrons. The van der Waals surface area contributed by atoms with Crippen LogP contribution in [-0.2, 0) is 11.2 Å². The molecule has 21 heavy (non-hydrogen) atoms. The molecule has 0 fully saturated rings. The predicted molar refractivity (Wildman–Crippen MR) is 88.7 cm³/mol. The minimum Gasteiger partial charge on any atom is -0.351 e. The van der Waals surface area contributed by atoms with Crippen LogP contribution in [0.15, 0.2) is 28.8 Å². The van der Waals surface area contributed by atoms with E-state index in [9.17, 15) is 4.79 Å². The number of aryl methyl sites for hydroxylation is 1. The number of nitrogens with zero attached hydrogens (tertiary/aromatic N) is 2. The van der Waals surface area contributed by atoms with E-state index in [4.69, 9.17) is 4.52 Å². The summed E-state index contributed by atoms with van der Waals surface area (Å²) >= 11 is 2.24. The van der Waals surface area contributed by atoms with E-state index >= 15 is 0 Å². The van der Waals surface area contributed by atoms with Gasteiger partial charge in [0.1, 0.15) is 0 Å². The lowest BCUT2D eigenvalue weighted by molar-refractivity contribution is -0.122. The van der Waals surface area contributed by atoms with E-state index in [2.05, 4.69) is 38.0 Å². The second-order valence-corrected chi connectivity index (χ2v) is 7.06. The molecule has 0 radical (unpaired) electrons. The average molecular weight is 399 g/mol. The second kappa shape index (κ2) is 6.55. The fourth-order valence-corrected chi connectivity index (χ4v) is 2.13. The summed E-state index contributed by atoms with van der Waals surface area (Å²) in [6.07, 6.45) is 0.783. The van der Waals surface area contributed by atoms with Crippen LogP contribution >= 0.6 is 22.6 Å². The Bertz CT molecular complexity index is 615. The number of carbonyl (C=O) groups is 1. The first-order valence-corrected chi connectivity index (χ1v) is 7.81. The third-order valence-electron chi connectivity index (χ3n) is 2.65. The Hall–Kier alpha value is -1.44. The summed E-state index contributed by atoms with van der Waals surface area (Å²) in [5, 5.41) is 6.85. The summed E-state index contributed by atoms with van der Waals surface area (Å²) in [5.41, 5.74) is 0.683. The van der Waals surface area contributed by atoms with Gasteiger partial charge in [0.2, 0.25) is 17.6 Å². The molecule has 0 spiro atoms. The summed E-state index contributed by atoms with van der Waals surface area (Å²) in [6.45, 7) is 5.85. The Morgan fingerprint density at radius 1 is 1.29 bits per heavy atom. The van der Waals surface area contributed by atoms with Gasteiger partial charge in [-0.15, -0.1) is 0 Å². The third kappa shape index (κ3) is 5.11. The van der Waals surface area contributed by atoms with Gasteiger partial charge in [-0.05, 0) is 55.5 Å². The van der Waals surface area contributed by atoms with Crippen LogP contribution in [0.3, 0.4) is 0 Å². The third-order valence-corrected chi connectivity index (χ3v) is 3.37. The number of carbonyl (C=O) groups excluding carboxylic acids is 1. The predicted octanol–water partition coefficient (Wildman–Crippen LogP) is 3.19. The van der Waals surface area contributed by atoms with Crippen molar-refractivity contribution in [2.45, 2.75) is 39.2 Å². The Morgan fingerprint density at radius 2 is 1.95 bits per heavy atom. The summed E-state index contributed by atoms with van der Waals surface area (Å²) in [4.78, 5) is 16.1. The van der Waals surface area contributed by atoms with E-state index < -0.39 is 0 Å². The van der Waals surface area contributed by atoms with Crippen LogP contribution in [0.2, 0.25) is 0 Å². The second-order valence-electron chi connectivity index (χ2n) is 5.82. The van der Waals surface area contributed by atoms with Gasteiger partial charge in [0.25, 0.3) is 0 Å². The molecule has 1 aromatic heterocycles. The maximum atomic E-state index is 11.7. The lowest BCUT2D eigenvalue weighted by atomic mass is 10.1. The Balaban J connectivity index is 1.94. The highest BCUT2D eigenvalue weighted by atomic mass is 127. The van der Waals surface area contributed by atoms with Gasteiger partial charge < -0.3 is 9.84 Å². The van der Waals surface area contributed by atoms with Gasteiger partial charge in [0, 0.05) is 27.5 Å². The molecule has 2 rings (SSSR count). The van der Waals surface area contributed by atoms with Crippen LogP contribution in [0.5, 0.6) is 0 Å². The smallest absolute Gasteiger partial charge is 0.227 e. The van der Waals surface area contributed by atoms with Crippen molar-refractivity contribution < 1.29 is 9.32 Å².